The van der Waals surface area contributed by atoms with E-state index in [1.165, 1.54) is 43.0 Å². The molecule has 2 heterocycles. The molecule has 0 spiro atoms. The van der Waals surface area contributed by atoms with Gasteiger partial charge in [-0.25, -0.2) is 4.79 Å². The third-order valence-corrected chi connectivity index (χ3v) is 6.01. The molecule has 0 aliphatic carbocycles. The topological polar surface area (TPSA) is 146 Å². The van der Waals surface area contributed by atoms with Gasteiger partial charge >= 0.3 is 11.9 Å². The van der Waals surface area contributed by atoms with Crippen molar-refractivity contribution >= 4 is 52.8 Å². The molecule has 2 aliphatic rings. The average molecular weight is 454 g/mol. The number of halogens is 1. The molecular weight excluding hydrogens is 438 g/mol. The first kappa shape index (κ1) is 21.7. The van der Waals surface area contributed by atoms with Crippen molar-refractivity contribution in [2.45, 2.75) is 18.3 Å². The molecule has 3 N–H and O–H groups in total. The summed E-state index contributed by atoms with van der Waals surface area (Å²) in [5.74, 6) is -3.14. The number of β-lactam (4-membered cyclic amide) rings is 1. The molecule has 2 aliphatic heterocycles. The monoisotopic (exact) mass is 453 g/mol. The van der Waals surface area contributed by atoms with E-state index in [-0.39, 0.29) is 34.9 Å². The zero-order valence-electron chi connectivity index (χ0n) is 15.5. The van der Waals surface area contributed by atoms with Crippen LogP contribution in [0.5, 0.6) is 0 Å². The quantitative estimate of drug-likeness (QED) is 0.189. The van der Waals surface area contributed by atoms with Gasteiger partial charge in [-0.05, 0) is 12.1 Å². The SMILES string of the molecule is CC(=O)OCC1=C(C(=O)O)N2C(=O)[C@@H](NC(=O)C(=NO)c3ccc(Cl)cc3)[C@H]2SC1. The van der Waals surface area contributed by atoms with Crippen molar-refractivity contribution in [2.75, 3.05) is 12.4 Å². The highest BCUT2D eigenvalue weighted by Gasteiger charge is 2.54. The van der Waals surface area contributed by atoms with Crippen LogP contribution >= 0.6 is 23.4 Å². The fourth-order valence-electron chi connectivity index (χ4n) is 3.03. The maximum absolute atomic E-state index is 12.6. The third kappa shape index (κ3) is 4.12. The summed E-state index contributed by atoms with van der Waals surface area (Å²) in [5, 5.41) is 24.0. The summed E-state index contributed by atoms with van der Waals surface area (Å²) in [6.45, 7) is 0.955. The second-order valence-corrected chi connectivity index (χ2v) is 7.90. The summed E-state index contributed by atoms with van der Waals surface area (Å²) in [4.78, 5) is 48.9. The Bertz CT molecular complexity index is 976. The molecule has 30 heavy (non-hydrogen) atoms. The fourth-order valence-corrected chi connectivity index (χ4v) is 4.49. The lowest BCUT2D eigenvalue weighted by Gasteiger charge is -2.49. The molecule has 2 atom stereocenters. The molecule has 1 saturated heterocycles. The molecule has 1 aromatic rings. The van der Waals surface area contributed by atoms with E-state index in [0.717, 1.165) is 4.90 Å². The number of aliphatic carboxylic acids is 1. The number of hydrogen-bond acceptors (Lipinski definition) is 8. The maximum Gasteiger partial charge on any atom is 0.352 e. The minimum atomic E-state index is -1.33. The number of nitrogens with one attached hydrogen (secondary N) is 1. The van der Waals surface area contributed by atoms with E-state index in [9.17, 15) is 29.5 Å². The summed E-state index contributed by atoms with van der Waals surface area (Å²) in [7, 11) is 0. The zero-order valence-corrected chi connectivity index (χ0v) is 17.1. The number of carboxylic acid groups (broad SMARTS) is 1. The van der Waals surface area contributed by atoms with Crippen molar-refractivity contribution in [3.63, 3.8) is 0 Å². The summed E-state index contributed by atoms with van der Waals surface area (Å²) in [5.41, 5.74) is -0.00233. The Hall–Kier alpha value is -3.05. The van der Waals surface area contributed by atoms with Gasteiger partial charge in [-0.1, -0.05) is 28.9 Å². The Balaban J connectivity index is 1.76. The van der Waals surface area contributed by atoms with Crippen LogP contribution < -0.4 is 5.32 Å². The van der Waals surface area contributed by atoms with Crippen LogP contribution in [0.15, 0.2) is 40.7 Å². The molecule has 0 saturated carbocycles. The number of hydrogen-bond donors (Lipinski definition) is 3. The lowest BCUT2D eigenvalue weighted by atomic mass is 10.0. The van der Waals surface area contributed by atoms with Crippen molar-refractivity contribution < 1.29 is 34.2 Å². The predicted octanol–water partition coefficient (Wildman–Crippen LogP) is 0.820. The van der Waals surface area contributed by atoms with Gasteiger partial charge in [0, 0.05) is 28.8 Å². The van der Waals surface area contributed by atoms with E-state index >= 15 is 0 Å². The molecule has 1 aromatic carbocycles. The number of esters is 1. The van der Waals surface area contributed by atoms with Crippen LogP contribution in [0.25, 0.3) is 0 Å². The number of nitrogens with zero attached hydrogens (tertiary/aromatic N) is 2. The maximum atomic E-state index is 12.6. The smallest absolute Gasteiger partial charge is 0.352 e. The van der Waals surface area contributed by atoms with Gasteiger partial charge < -0.3 is 20.4 Å². The van der Waals surface area contributed by atoms with Crippen LogP contribution in [0.2, 0.25) is 5.02 Å². The Morgan fingerprint density at radius 3 is 2.57 bits per heavy atom. The van der Waals surface area contributed by atoms with Crippen molar-refractivity contribution in [1.29, 1.82) is 0 Å². The van der Waals surface area contributed by atoms with Crippen molar-refractivity contribution in [1.82, 2.24) is 10.2 Å². The van der Waals surface area contributed by atoms with Crippen LogP contribution in [0.3, 0.4) is 0 Å². The van der Waals surface area contributed by atoms with Crippen molar-refractivity contribution in [3.05, 3.63) is 46.1 Å². The fraction of sp³-hybridized carbons (Fsp3) is 0.278. The number of benzene rings is 1. The third-order valence-electron chi connectivity index (χ3n) is 4.42. The lowest BCUT2D eigenvalue weighted by Crippen LogP contribution is -2.71. The van der Waals surface area contributed by atoms with Gasteiger partial charge in [-0.15, -0.1) is 11.8 Å². The number of carbonyl (C=O) groups excluding carboxylic acids is 3. The van der Waals surface area contributed by atoms with Crippen molar-refractivity contribution in [3.8, 4) is 0 Å². The summed E-state index contributed by atoms with van der Waals surface area (Å²) < 4.78 is 4.87. The minimum absolute atomic E-state index is 0.202. The zero-order chi connectivity index (χ0) is 22.0. The Kier molecular flexibility index (Phi) is 6.32. The van der Waals surface area contributed by atoms with Gasteiger partial charge in [0.15, 0.2) is 5.71 Å². The van der Waals surface area contributed by atoms with E-state index < -0.39 is 35.2 Å². The molecule has 12 heteroatoms. The molecule has 0 aromatic heterocycles. The standard InChI is InChI=1S/C18H16ClN3O7S/c1-8(23)29-6-10-7-30-17-13(16(25)22(17)14(10)18(26)27)20-15(24)12(21-28)9-2-4-11(19)5-3-9/h2-5,13,17,28H,6-7H2,1H3,(H,20,24)(H,26,27)/t13-,17-/m1/s1. The number of amides is 2. The van der Waals surface area contributed by atoms with Gasteiger partial charge in [-0.2, -0.15) is 0 Å². The van der Waals surface area contributed by atoms with Gasteiger partial charge in [0.2, 0.25) is 0 Å². The van der Waals surface area contributed by atoms with E-state index in [2.05, 4.69) is 10.5 Å². The van der Waals surface area contributed by atoms with Gasteiger partial charge in [0.05, 0.1) is 0 Å². The largest absolute Gasteiger partial charge is 0.477 e. The van der Waals surface area contributed by atoms with E-state index in [1.54, 1.807) is 0 Å². The normalized spacial score (nSPS) is 20.9. The molecule has 10 nitrogen and oxygen atoms in total. The van der Waals surface area contributed by atoms with Gasteiger partial charge in [0.25, 0.3) is 11.8 Å². The Morgan fingerprint density at radius 2 is 2.00 bits per heavy atom. The second-order valence-electron chi connectivity index (χ2n) is 6.35. The van der Waals surface area contributed by atoms with Crippen LogP contribution in [-0.2, 0) is 23.9 Å². The molecule has 2 amide bonds. The lowest BCUT2D eigenvalue weighted by molar-refractivity contribution is -0.150. The number of oxime groups is 1. The number of rotatable bonds is 6. The van der Waals surface area contributed by atoms with Crippen LogP contribution in [0.4, 0.5) is 0 Å². The summed E-state index contributed by atoms with van der Waals surface area (Å²) >= 11 is 7.03. The Morgan fingerprint density at radius 1 is 1.33 bits per heavy atom. The minimum Gasteiger partial charge on any atom is -0.477 e. The van der Waals surface area contributed by atoms with Crippen LogP contribution in [-0.4, -0.2) is 68.5 Å². The highest BCUT2D eigenvalue weighted by Crippen LogP contribution is 2.40. The van der Waals surface area contributed by atoms with Gasteiger partial charge in [-0.3, -0.25) is 19.3 Å². The van der Waals surface area contributed by atoms with Crippen LogP contribution in [0, 0.1) is 0 Å². The predicted molar refractivity (Wildman–Crippen MR) is 106 cm³/mol. The average Bonchev–Trinajstić information content (AvgIpc) is 2.71. The number of ether oxygens (including phenoxy) is 1. The highest BCUT2D eigenvalue weighted by molar-refractivity contribution is 8.00. The first-order valence-electron chi connectivity index (χ1n) is 8.56. The number of carboxylic acids is 1. The molecule has 0 unspecified atom stereocenters. The van der Waals surface area contributed by atoms with E-state index in [1.807, 2.05) is 0 Å². The molecule has 1 fully saturated rings. The molecule has 158 valence electrons. The van der Waals surface area contributed by atoms with E-state index in [4.69, 9.17) is 16.3 Å². The number of carbonyl (C=O) groups is 4. The Labute approximate surface area is 179 Å². The van der Waals surface area contributed by atoms with Gasteiger partial charge in [0.1, 0.15) is 23.7 Å². The highest BCUT2D eigenvalue weighted by atomic mass is 35.5. The van der Waals surface area contributed by atoms with E-state index in [0.29, 0.717) is 5.02 Å². The first-order chi connectivity index (χ1) is 14.2. The first-order valence-corrected chi connectivity index (χ1v) is 9.99. The summed E-state index contributed by atoms with van der Waals surface area (Å²) in [6.07, 6.45) is 0. The molecule has 3 rings (SSSR count). The second kappa shape index (κ2) is 8.76. The summed E-state index contributed by atoms with van der Waals surface area (Å²) in [6, 6.07) is 4.98. The van der Waals surface area contributed by atoms with Crippen LogP contribution in [0.1, 0.15) is 12.5 Å². The number of fused-ring (bicyclic) bond motifs is 1. The molecule has 0 radical (unpaired) electrons. The molecular formula is C18H16ClN3O7S. The molecule has 0 bridgehead atoms. The number of thioether (sulfide) groups is 1. The van der Waals surface area contributed by atoms with Crippen molar-refractivity contribution in [2.24, 2.45) is 5.16 Å².